The van der Waals surface area contributed by atoms with Gasteiger partial charge in [0.25, 0.3) is 0 Å². The van der Waals surface area contributed by atoms with Gasteiger partial charge in [-0.3, -0.25) is 4.99 Å². The normalized spacial score (nSPS) is 24.8. The van der Waals surface area contributed by atoms with Crippen LogP contribution in [0.3, 0.4) is 0 Å². The van der Waals surface area contributed by atoms with E-state index in [0.717, 1.165) is 24.5 Å². The molecule has 1 unspecified atom stereocenters. The summed E-state index contributed by atoms with van der Waals surface area (Å²) < 4.78 is 28.8. The second kappa shape index (κ2) is 4.85. The molecule has 0 aromatic heterocycles. The van der Waals surface area contributed by atoms with Crippen LogP contribution < -0.4 is 10.1 Å². The van der Waals surface area contributed by atoms with Crippen LogP contribution in [0, 0.1) is 0 Å². The Hall–Kier alpha value is -1.56. The Balaban J connectivity index is 1.81. The molecular weight excluding hydrogens is 264 g/mol. The van der Waals surface area contributed by atoms with Gasteiger partial charge in [-0.25, -0.2) is 8.42 Å². The predicted octanol–water partition coefficient (Wildman–Crippen LogP) is 0.602. The van der Waals surface area contributed by atoms with Crippen molar-refractivity contribution in [2.45, 2.75) is 12.5 Å². The summed E-state index contributed by atoms with van der Waals surface area (Å²) in [5, 5.41) is 3.21. The molecule has 5 nitrogen and oxygen atoms in total. The first-order valence-electron chi connectivity index (χ1n) is 6.39. The third-order valence-electron chi connectivity index (χ3n) is 3.30. The largest absolute Gasteiger partial charge is 0.489 e. The Morgan fingerprint density at radius 2 is 2.16 bits per heavy atom. The van der Waals surface area contributed by atoms with Crippen molar-refractivity contribution < 1.29 is 13.2 Å². The molecule has 2 heterocycles. The zero-order valence-corrected chi connectivity index (χ0v) is 11.3. The minimum absolute atomic E-state index is 0.112. The lowest BCUT2D eigenvalue weighted by atomic mass is 10.2. The van der Waals surface area contributed by atoms with Crippen molar-refractivity contribution in [2.75, 3.05) is 24.6 Å². The van der Waals surface area contributed by atoms with Gasteiger partial charge < -0.3 is 10.1 Å². The summed E-state index contributed by atoms with van der Waals surface area (Å²) in [4.78, 5) is 4.38. The van der Waals surface area contributed by atoms with Crippen LogP contribution in [0.4, 0.5) is 0 Å². The number of ether oxygens (including phenoxy) is 1. The number of hydrogen-bond donors (Lipinski definition) is 1. The molecular formula is C13H16N2O3S. The number of para-hydroxylation sites is 1. The van der Waals surface area contributed by atoms with Crippen LogP contribution in [0.5, 0.6) is 5.75 Å². The van der Waals surface area contributed by atoms with Crippen molar-refractivity contribution in [1.82, 2.24) is 5.32 Å². The Kier molecular flexibility index (Phi) is 3.18. The summed E-state index contributed by atoms with van der Waals surface area (Å²) in [5.41, 5.74) is 0.907. The number of aliphatic imine (C=N–C) groups is 1. The van der Waals surface area contributed by atoms with E-state index in [0.29, 0.717) is 12.2 Å². The fourth-order valence-corrected chi connectivity index (χ4v) is 3.97. The highest BCUT2D eigenvalue weighted by atomic mass is 32.2. The smallest absolute Gasteiger partial charge is 0.154 e. The number of nitrogens with one attached hydrogen (secondary N) is 1. The molecule has 1 fully saturated rings. The highest BCUT2D eigenvalue weighted by molar-refractivity contribution is 7.91. The number of benzene rings is 1. The molecule has 0 bridgehead atoms. The number of nitrogens with zero attached hydrogens (tertiary/aromatic N) is 1. The quantitative estimate of drug-likeness (QED) is 0.880. The van der Waals surface area contributed by atoms with Crippen molar-refractivity contribution in [3.63, 3.8) is 0 Å². The van der Waals surface area contributed by atoms with E-state index in [9.17, 15) is 8.42 Å². The maximum atomic E-state index is 11.5. The van der Waals surface area contributed by atoms with E-state index in [2.05, 4.69) is 10.3 Å². The Morgan fingerprint density at radius 3 is 2.84 bits per heavy atom. The van der Waals surface area contributed by atoms with Crippen LogP contribution in [0.1, 0.15) is 12.0 Å². The second-order valence-corrected chi connectivity index (χ2v) is 7.02. The van der Waals surface area contributed by atoms with E-state index in [1.54, 1.807) is 0 Å². The van der Waals surface area contributed by atoms with Crippen LogP contribution in [0.15, 0.2) is 29.3 Å². The van der Waals surface area contributed by atoms with Gasteiger partial charge in [-0.2, -0.15) is 0 Å². The van der Waals surface area contributed by atoms with Crippen molar-refractivity contribution in [2.24, 2.45) is 4.99 Å². The molecule has 1 saturated heterocycles. The Bertz CT molecular complexity index is 610. The molecule has 102 valence electrons. The van der Waals surface area contributed by atoms with Gasteiger partial charge in [-0.1, -0.05) is 12.1 Å². The van der Waals surface area contributed by atoms with Crippen molar-refractivity contribution >= 4 is 15.7 Å². The molecule has 6 heteroatoms. The second-order valence-electron chi connectivity index (χ2n) is 4.80. The summed E-state index contributed by atoms with van der Waals surface area (Å²) in [6, 6.07) is 7.62. The molecule has 2 aliphatic heterocycles. The van der Waals surface area contributed by atoms with E-state index in [1.807, 2.05) is 24.3 Å². The minimum Gasteiger partial charge on any atom is -0.489 e. The van der Waals surface area contributed by atoms with E-state index < -0.39 is 9.84 Å². The van der Waals surface area contributed by atoms with Gasteiger partial charge in [-0.05, 0) is 18.6 Å². The molecule has 0 amide bonds. The maximum Gasteiger partial charge on any atom is 0.154 e. The Labute approximate surface area is 112 Å². The molecule has 1 aromatic rings. The molecule has 19 heavy (non-hydrogen) atoms. The lowest BCUT2D eigenvalue weighted by Crippen LogP contribution is -2.23. The first-order valence-corrected chi connectivity index (χ1v) is 8.21. The average Bonchev–Trinajstić information content (AvgIpc) is 3.00. The monoisotopic (exact) mass is 280 g/mol. The zero-order chi connectivity index (χ0) is 13.3. The van der Waals surface area contributed by atoms with Crippen LogP contribution in [0.2, 0.25) is 0 Å². The van der Waals surface area contributed by atoms with Crippen molar-refractivity contribution in [3.05, 3.63) is 29.8 Å². The van der Waals surface area contributed by atoms with Gasteiger partial charge in [0.05, 0.1) is 23.6 Å². The molecule has 0 saturated carbocycles. The van der Waals surface area contributed by atoms with Crippen LogP contribution >= 0.6 is 0 Å². The van der Waals surface area contributed by atoms with Crippen LogP contribution in [-0.4, -0.2) is 45.0 Å². The van der Waals surface area contributed by atoms with Gasteiger partial charge in [0, 0.05) is 6.54 Å². The maximum absolute atomic E-state index is 11.5. The first kappa shape index (κ1) is 12.5. The summed E-state index contributed by atoms with van der Waals surface area (Å²) in [6.45, 7) is 1.60. The van der Waals surface area contributed by atoms with Gasteiger partial charge in [0.15, 0.2) is 9.84 Å². The standard InChI is InChI=1S/C13H16N2O3S/c16-19(17)8-5-10(9-19)18-12-4-2-1-3-11(12)13-14-6-7-15-13/h1-4,10H,5-9H2,(H,14,15). The lowest BCUT2D eigenvalue weighted by Gasteiger charge is -2.15. The summed E-state index contributed by atoms with van der Waals surface area (Å²) in [5.74, 6) is 1.87. The lowest BCUT2D eigenvalue weighted by molar-refractivity contribution is 0.228. The number of hydrogen-bond acceptors (Lipinski definition) is 5. The minimum atomic E-state index is -2.92. The highest BCUT2D eigenvalue weighted by Gasteiger charge is 2.30. The predicted molar refractivity (Wildman–Crippen MR) is 73.5 cm³/mol. The fourth-order valence-electron chi connectivity index (χ4n) is 2.38. The molecule has 1 N–H and O–H groups in total. The first-order chi connectivity index (χ1) is 9.14. The van der Waals surface area contributed by atoms with Crippen molar-refractivity contribution in [3.8, 4) is 5.75 Å². The van der Waals surface area contributed by atoms with E-state index in [-0.39, 0.29) is 17.6 Å². The third-order valence-corrected chi connectivity index (χ3v) is 5.04. The molecule has 1 atom stereocenters. The number of rotatable bonds is 3. The van der Waals surface area contributed by atoms with E-state index in [1.165, 1.54) is 0 Å². The van der Waals surface area contributed by atoms with Gasteiger partial charge >= 0.3 is 0 Å². The van der Waals surface area contributed by atoms with Crippen LogP contribution in [-0.2, 0) is 9.84 Å². The van der Waals surface area contributed by atoms with Gasteiger partial charge in [0.1, 0.15) is 17.7 Å². The highest BCUT2D eigenvalue weighted by Crippen LogP contribution is 2.24. The topological polar surface area (TPSA) is 67.8 Å². The summed E-state index contributed by atoms with van der Waals surface area (Å²) >= 11 is 0. The Morgan fingerprint density at radius 1 is 1.32 bits per heavy atom. The van der Waals surface area contributed by atoms with E-state index in [4.69, 9.17) is 4.74 Å². The molecule has 0 spiro atoms. The number of sulfone groups is 1. The van der Waals surface area contributed by atoms with Gasteiger partial charge in [0.2, 0.25) is 0 Å². The summed E-state index contributed by atoms with van der Waals surface area (Å²) in [6.07, 6.45) is 0.324. The molecule has 0 aliphatic carbocycles. The third kappa shape index (κ3) is 2.73. The summed E-state index contributed by atoms with van der Waals surface area (Å²) in [7, 11) is -2.92. The molecule has 3 rings (SSSR count). The molecule has 0 radical (unpaired) electrons. The number of amidine groups is 1. The zero-order valence-electron chi connectivity index (χ0n) is 10.5. The fraction of sp³-hybridized carbons (Fsp3) is 0.462. The molecule has 1 aromatic carbocycles. The SMILES string of the molecule is O=S1(=O)CCC(Oc2ccccc2C2=NCCN2)C1. The van der Waals surface area contributed by atoms with E-state index >= 15 is 0 Å². The average molecular weight is 280 g/mol. The van der Waals surface area contributed by atoms with Gasteiger partial charge in [-0.15, -0.1) is 0 Å². The van der Waals surface area contributed by atoms with Crippen molar-refractivity contribution in [1.29, 1.82) is 0 Å². The van der Waals surface area contributed by atoms with Crippen LogP contribution in [0.25, 0.3) is 0 Å². The molecule has 2 aliphatic rings.